The zero-order chi connectivity index (χ0) is 25.5. The van der Waals surface area contributed by atoms with Gasteiger partial charge < -0.3 is 20.1 Å². The third-order valence-corrected chi connectivity index (χ3v) is 6.27. The van der Waals surface area contributed by atoms with Crippen molar-refractivity contribution in [2.75, 3.05) is 43.1 Å². The smallest absolute Gasteiger partial charge is 0.266 e. The van der Waals surface area contributed by atoms with Gasteiger partial charge in [0, 0.05) is 30.9 Å². The van der Waals surface area contributed by atoms with E-state index in [2.05, 4.69) is 5.32 Å². The van der Waals surface area contributed by atoms with Crippen molar-refractivity contribution < 1.29 is 9.84 Å². The van der Waals surface area contributed by atoms with Crippen molar-refractivity contribution in [2.45, 2.75) is 6.10 Å². The molecule has 0 radical (unpaired) electrons. The predicted octanol–water partition coefficient (Wildman–Crippen LogP) is 4.44. The van der Waals surface area contributed by atoms with Gasteiger partial charge in [-0.05, 0) is 24.3 Å². The van der Waals surface area contributed by atoms with E-state index in [-0.39, 0.29) is 11.1 Å². The molecule has 1 unspecified atom stereocenters. The first-order valence-electron chi connectivity index (χ1n) is 12.5. The highest BCUT2D eigenvalue weighted by molar-refractivity contribution is 5.63. The molecule has 1 atom stereocenters. The SMILES string of the molecule is O=c1c(C(O)/C=C\CNc2ccccc2)c(N2CCOCC2)nc(-c2ccccc2)n1-c1ccccc1. The van der Waals surface area contributed by atoms with Gasteiger partial charge in [-0.15, -0.1) is 0 Å². The van der Waals surface area contributed by atoms with Crippen LogP contribution in [-0.2, 0) is 4.74 Å². The fourth-order valence-corrected chi connectivity index (χ4v) is 4.42. The van der Waals surface area contributed by atoms with Crippen molar-refractivity contribution in [1.29, 1.82) is 0 Å². The Morgan fingerprint density at radius 2 is 1.54 bits per heavy atom. The average Bonchev–Trinajstić information content (AvgIpc) is 2.96. The molecule has 0 spiro atoms. The Kier molecular flexibility index (Phi) is 7.74. The van der Waals surface area contributed by atoms with E-state index in [0.717, 1.165) is 11.3 Å². The molecular formula is C30H30N4O3. The highest BCUT2D eigenvalue weighted by Crippen LogP contribution is 2.29. The van der Waals surface area contributed by atoms with Gasteiger partial charge in [0.25, 0.3) is 5.56 Å². The van der Waals surface area contributed by atoms with Crippen molar-refractivity contribution in [1.82, 2.24) is 9.55 Å². The number of aromatic nitrogens is 2. The highest BCUT2D eigenvalue weighted by Gasteiger charge is 2.27. The molecule has 1 aliphatic rings. The van der Waals surface area contributed by atoms with Crippen LogP contribution < -0.4 is 15.8 Å². The standard InChI is InChI=1S/C30H30N4O3/c35-26(17-10-18-31-24-13-6-2-7-14-24)27-29(33-19-21-37-22-20-33)32-28(23-11-4-1-5-12-23)34(30(27)36)25-15-8-3-9-16-25/h1-17,26,31,35H,18-22H2/b17-10-. The monoisotopic (exact) mass is 494 g/mol. The lowest BCUT2D eigenvalue weighted by molar-refractivity contribution is 0.122. The Morgan fingerprint density at radius 1 is 0.919 bits per heavy atom. The number of nitrogens with one attached hydrogen (secondary N) is 1. The molecule has 1 aliphatic heterocycles. The Labute approximate surface area is 216 Å². The van der Waals surface area contributed by atoms with Crippen LogP contribution in [0.1, 0.15) is 11.7 Å². The summed E-state index contributed by atoms with van der Waals surface area (Å²) in [6, 6.07) is 28.9. The Morgan fingerprint density at radius 3 is 2.22 bits per heavy atom. The second-order valence-corrected chi connectivity index (χ2v) is 8.73. The molecule has 1 saturated heterocycles. The maximum atomic E-state index is 14.2. The van der Waals surface area contributed by atoms with Crippen LogP contribution in [0.25, 0.3) is 17.1 Å². The Hall–Kier alpha value is -4.20. The number of hydrogen-bond acceptors (Lipinski definition) is 6. The van der Waals surface area contributed by atoms with Gasteiger partial charge in [-0.25, -0.2) is 4.98 Å². The van der Waals surface area contributed by atoms with Crippen molar-refractivity contribution in [3.05, 3.63) is 119 Å². The van der Waals surface area contributed by atoms with Gasteiger partial charge in [0.15, 0.2) is 0 Å². The molecule has 7 heteroatoms. The number of nitrogens with zero attached hydrogens (tertiary/aromatic N) is 3. The van der Waals surface area contributed by atoms with Gasteiger partial charge in [0.05, 0.1) is 24.5 Å². The third-order valence-electron chi connectivity index (χ3n) is 6.27. The molecule has 3 aromatic carbocycles. The van der Waals surface area contributed by atoms with Crippen LogP contribution in [0.2, 0.25) is 0 Å². The van der Waals surface area contributed by atoms with Crippen molar-refractivity contribution in [3.63, 3.8) is 0 Å². The van der Waals surface area contributed by atoms with Crippen LogP contribution in [0.5, 0.6) is 0 Å². The first kappa shape index (κ1) is 24.5. The van der Waals surface area contributed by atoms with E-state index in [1.165, 1.54) is 0 Å². The summed E-state index contributed by atoms with van der Waals surface area (Å²) in [5, 5.41) is 14.6. The van der Waals surface area contributed by atoms with Crippen molar-refractivity contribution in [3.8, 4) is 17.1 Å². The topological polar surface area (TPSA) is 79.6 Å². The van der Waals surface area contributed by atoms with E-state index in [0.29, 0.717) is 50.2 Å². The molecule has 0 saturated carbocycles. The maximum absolute atomic E-state index is 14.2. The number of aliphatic hydroxyl groups is 1. The summed E-state index contributed by atoms with van der Waals surface area (Å²) in [5.74, 6) is 1.02. The van der Waals surface area contributed by atoms with Crippen LogP contribution in [-0.4, -0.2) is 47.5 Å². The number of para-hydroxylation sites is 2. The first-order valence-corrected chi connectivity index (χ1v) is 12.5. The number of morpholine rings is 1. The molecule has 7 nitrogen and oxygen atoms in total. The van der Waals surface area contributed by atoms with Gasteiger partial charge in [-0.2, -0.15) is 0 Å². The Bertz CT molecular complexity index is 1380. The highest BCUT2D eigenvalue weighted by atomic mass is 16.5. The lowest BCUT2D eigenvalue weighted by Crippen LogP contribution is -2.40. The largest absolute Gasteiger partial charge is 0.384 e. The normalized spacial score (nSPS) is 14.6. The lowest BCUT2D eigenvalue weighted by Gasteiger charge is -2.31. The number of ether oxygens (including phenoxy) is 1. The molecule has 4 aromatic rings. The second-order valence-electron chi connectivity index (χ2n) is 8.73. The number of rotatable bonds is 8. The summed E-state index contributed by atoms with van der Waals surface area (Å²) in [6.07, 6.45) is 2.35. The molecule has 5 rings (SSSR count). The van der Waals surface area contributed by atoms with Crippen LogP contribution in [0.3, 0.4) is 0 Å². The molecule has 188 valence electrons. The number of anilines is 2. The summed E-state index contributed by atoms with van der Waals surface area (Å²) in [5.41, 5.74) is 2.45. The second kappa shape index (κ2) is 11.7. The predicted molar refractivity (Wildman–Crippen MR) is 147 cm³/mol. The lowest BCUT2D eigenvalue weighted by atomic mass is 10.1. The van der Waals surface area contributed by atoms with E-state index in [1.54, 1.807) is 10.6 Å². The molecule has 0 aliphatic carbocycles. The zero-order valence-electron chi connectivity index (χ0n) is 20.5. The molecule has 0 bridgehead atoms. The van der Waals surface area contributed by atoms with Gasteiger partial charge in [0.1, 0.15) is 17.7 Å². The number of benzene rings is 3. The molecule has 1 fully saturated rings. The summed E-state index contributed by atoms with van der Waals surface area (Å²) in [7, 11) is 0. The van der Waals surface area contributed by atoms with Crippen LogP contribution >= 0.6 is 0 Å². The summed E-state index contributed by atoms with van der Waals surface area (Å²) in [6.45, 7) is 2.77. The van der Waals surface area contributed by atoms with E-state index < -0.39 is 6.10 Å². The summed E-state index contributed by atoms with van der Waals surface area (Å²) < 4.78 is 7.13. The third kappa shape index (κ3) is 5.63. The zero-order valence-corrected chi connectivity index (χ0v) is 20.5. The number of hydrogen-bond donors (Lipinski definition) is 2. The van der Waals surface area contributed by atoms with Crippen LogP contribution in [0.4, 0.5) is 11.5 Å². The summed E-state index contributed by atoms with van der Waals surface area (Å²) in [4.78, 5) is 21.2. The minimum atomic E-state index is -1.13. The molecule has 0 amide bonds. The molecule has 2 N–H and O–H groups in total. The van der Waals surface area contributed by atoms with E-state index in [4.69, 9.17) is 9.72 Å². The van der Waals surface area contributed by atoms with Gasteiger partial charge >= 0.3 is 0 Å². The van der Waals surface area contributed by atoms with Gasteiger partial charge in [-0.3, -0.25) is 9.36 Å². The van der Waals surface area contributed by atoms with Crippen LogP contribution in [0, 0.1) is 0 Å². The first-order chi connectivity index (χ1) is 18.2. The molecule has 2 heterocycles. The van der Waals surface area contributed by atoms with E-state index in [9.17, 15) is 9.90 Å². The minimum Gasteiger partial charge on any atom is -0.384 e. The minimum absolute atomic E-state index is 0.251. The number of aliphatic hydroxyl groups excluding tert-OH is 1. The fraction of sp³-hybridized carbons (Fsp3) is 0.200. The average molecular weight is 495 g/mol. The fourth-order valence-electron chi connectivity index (χ4n) is 4.42. The van der Waals surface area contributed by atoms with Crippen LogP contribution in [0.15, 0.2) is 108 Å². The molecule has 1 aromatic heterocycles. The Balaban J connectivity index is 1.59. The van der Waals surface area contributed by atoms with E-state index >= 15 is 0 Å². The summed E-state index contributed by atoms with van der Waals surface area (Å²) >= 11 is 0. The van der Waals surface area contributed by atoms with Gasteiger partial charge in [0.2, 0.25) is 0 Å². The maximum Gasteiger partial charge on any atom is 0.266 e. The van der Waals surface area contributed by atoms with Crippen molar-refractivity contribution >= 4 is 11.5 Å². The van der Waals surface area contributed by atoms with Crippen molar-refractivity contribution in [2.24, 2.45) is 0 Å². The van der Waals surface area contributed by atoms with E-state index in [1.807, 2.05) is 102 Å². The molecular weight excluding hydrogens is 464 g/mol. The molecule has 37 heavy (non-hydrogen) atoms. The quantitative estimate of drug-likeness (QED) is 0.353. The van der Waals surface area contributed by atoms with Gasteiger partial charge in [-0.1, -0.05) is 78.9 Å².